The predicted octanol–water partition coefficient (Wildman–Crippen LogP) is 2.80. The summed E-state index contributed by atoms with van der Waals surface area (Å²) in [6.07, 6.45) is 2.60. The van der Waals surface area contributed by atoms with Gasteiger partial charge in [-0.1, -0.05) is 30.3 Å². The minimum Gasteiger partial charge on any atom is -0.478 e. The van der Waals surface area contributed by atoms with E-state index in [2.05, 4.69) is 17.0 Å². The van der Waals surface area contributed by atoms with Gasteiger partial charge in [-0.15, -0.1) is 11.3 Å². The maximum atomic E-state index is 12.6. The highest BCUT2D eigenvalue weighted by atomic mass is 32.1. The molecule has 1 aromatic carbocycles. The van der Waals surface area contributed by atoms with Crippen LogP contribution in [-0.2, 0) is 11.3 Å². The molecule has 0 unspecified atom stereocenters. The number of nitrogens with zero attached hydrogens (tertiary/aromatic N) is 2. The van der Waals surface area contributed by atoms with Crippen molar-refractivity contribution in [1.82, 2.24) is 9.80 Å². The molecular formula is C19H20N2O3S. The lowest BCUT2D eigenvalue weighted by molar-refractivity contribution is -0.131. The summed E-state index contributed by atoms with van der Waals surface area (Å²) >= 11 is 1.38. The summed E-state index contributed by atoms with van der Waals surface area (Å²) in [6, 6.07) is 12.1. The summed E-state index contributed by atoms with van der Waals surface area (Å²) in [6.45, 7) is 4.04. The molecule has 2 aromatic rings. The summed E-state index contributed by atoms with van der Waals surface area (Å²) in [7, 11) is 0. The highest BCUT2D eigenvalue weighted by Crippen LogP contribution is 2.19. The van der Waals surface area contributed by atoms with Crippen LogP contribution in [0.2, 0.25) is 0 Å². The number of benzene rings is 1. The molecule has 0 atom stereocenters. The van der Waals surface area contributed by atoms with Crippen LogP contribution in [0, 0.1) is 0 Å². The molecule has 1 amide bonds. The highest BCUT2D eigenvalue weighted by molar-refractivity contribution is 7.11. The Morgan fingerprint density at radius 2 is 1.84 bits per heavy atom. The number of carbonyl (C=O) groups excluding carboxylic acids is 1. The van der Waals surface area contributed by atoms with Gasteiger partial charge in [0.05, 0.1) is 5.56 Å². The number of carbonyl (C=O) groups is 2. The van der Waals surface area contributed by atoms with Crippen molar-refractivity contribution < 1.29 is 14.7 Å². The van der Waals surface area contributed by atoms with E-state index in [-0.39, 0.29) is 5.91 Å². The molecule has 1 aliphatic rings. The molecule has 0 radical (unpaired) electrons. The monoisotopic (exact) mass is 356 g/mol. The second-order valence-electron chi connectivity index (χ2n) is 5.96. The second kappa shape index (κ2) is 8.09. The maximum absolute atomic E-state index is 12.6. The van der Waals surface area contributed by atoms with Gasteiger partial charge in [0.25, 0.3) is 5.91 Å². The zero-order valence-electron chi connectivity index (χ0n) is 13.8. The zero-order valence-corrected chi connectivity index (χ0v) is 14.6. The third-order valence-corrected chi connectivity index (χ3v) is 5.06. The van der Waals surface area contributed by atoms with E-state index in [1.54, 1.807) is 11.4 Å². The number of amides is 1. The minimum atomic E-state index is -0.990. The van der Waals surface area contributed by atoms with Gasteiger partial charge in [0.15, 0.2) is 0 Å². The number of hydrogen-bond donors (Lipinski definition) is 1. The van der Waals surface area contributed by atoms with E-state index in [1.807, 2.05) is 23.1 Å². The van der Waals surface area contributed by atoms with Crippen molar-refractivity contribution >= 4 is 29.3 Å². The normalized spacial score (nSPS) is 15.6. The summed E-state index contributed by atoms with van der Waals surface area (Å²) in [4.78, 5) is 28.1. The van der Waals surface area contributed by atoms with E-state index in [0.717, 1.165) is 30.6 Å². The standard InChI is InChI=1S/C19H20N2O3S/c22-18(23)7-6-17-12-16(14-25-17)19(24)21-10-8-20(9-11-21)13-15-4-2-1-3-5-15/h1-7,12,14H,8-11,13H2,(H,22,23)/b7-6+. The quantitative estimate of drug-likeness (QED) is 0.837. The molecule has 3 rings (SSSR count). The topological polar surface area (TPSA) is 60.9 Å². The fourth-order valence-electron chi connectivity index (χ4n) is 2.84. The van der Waals surface area contributed by atoms with E-state index in [4.69, 9.17) is 5.11 Å². The van der Waals surface area contributed by atoms with E-state index in [0.29, 0.717) is 18.7 Å². The molecule has 0 aliphatic carbocycles. The van der Waals surface area contributed by atoms with Crippen LogP contribution in [0.5, 0.6) is 0 Å². The van der Waals surface area contributed by atoms with Gasteiger partial charge in [0.2, 0.25) is 0 Å². The summed E-state index contributed by atoms with van der Waals surface area (Å²) in [5.74, 6) is -0.971. The molecule has 1 aliphatic heterocycles. The van der Waals surface area contributed by atoms with Crippen molar-refractivity contribution in [2.45, 2.75) is 6.54 Å². The number of carboxylic acid groups (broad SMARTS) is 1. The SMILES string of the molecule is O=C(O)/C=C/c1cc(C(=O)N2CCN(Cc3ccccc3)CC2)cs1. The molecular weight excluding hydrogens is 336 g/mol. The Kier molecular flexibility index (Phi) is 5.63. The van der Waals surface area contributed by atoms with Gasteiger partial charge in [0.1, 0.15) is 0 Å². The number of hydrogen-bond acceptors (Lipinski definition) is 4. The average molecular weight is 356 g/mol. The van der Waals surface area contributed by atoms with Crippen LogP contribution in [0.1, 0.15) is 20.8 Å². The van der Waals surface area contributed by atoms with Crippen LogP contribution in [-0.4, -0.2) is 53.0 Å². The van der Waals surface area contributed by atoms with Crippen molar-refractivity contribution in [2.75, 3.05) is 26.2 Å². The minimum absolute atomic E-state index is 0.0191. The Morgan fingerprint density at radius 1 is 1.12 bits per heavy atom. The van der Waals surface area contributed by atoms with Crippen LogP contribution in [0.3, 0.4) is 0 Å². The van der Waals surface area contributed by atoms with Crippen molar-refractivity contribution in [3.05, 3.63) is 63.9 Å². The Morgan fingerprint density at radius 3 is 2.52 bits per heavy atom. The van der Waals surface area contributed by atoms with E-state index in [9.17, 15) is 9.59 Å². The molecule has 0 bridgehead atoms. The molecule has 130 valence electrons. The second-order valence-corrected chi connectivity index (χ2v) is 6.91. The first-order valence-corrected chi connectivity index (χ1v) is 9.05. The first-order valence-electron chi connectivity index (χ1n) is 8.17. The number of rotatable bonds is 5. The number of carboxylic acids is 1. The summed E-state index contributed by atoms with van der Waals surface area (Å²) in [5, 5.41) is 10.5. The molecule has 5 nitrogen and oxygen atoms in total. The molecule has 1 fully saturated rings. The first kappa shape index (κ1) is 17.4. The third kappa shape index (κ3) is 4.78. The fraction of sp³-hybridized carbons (Fsp3) is 0.263. The van der Waals surface area contributed by atoms with Crippen LogP contribution in [0.15, 0.2) is 47.9 Å². The summed E-state index contributed by atoms with van der Waals surface area (Å²) in [5.41, 5.74) is 1.92. The first-order chi connectivity index (χ1) is 12.1. The van der Waals surface area contributed by atoms with Gasteiger partial charge < -0.3 is 10.0 Å². The van der Waals surface area contributed by atoms with Crippen LogP contribution in [0.25, 0.3) is 6.08 Å². The van der Waals surface area contributed by atoms with Crippen LogP contribution in [0.4, 0.5) is 0 Å². The molecule has 6 heteroatoms. The van der Waals surface area contributed by atoms with Crippen molar-refractivity contribution in [1.29, 1.82) is 0 Å². The van der Waals surface area contributed by atoms with Crippen molar-refractivity contribution in [3.8, 4) is 0 Å². The van der Waals surface area contributed by atoms with Crippen LogP contribution < -0.4 is 0 Å². The molecule has 1 N–H and O–H groups in total. The lowest BCUT2D eigenvalue weighted by Crippen LogP contribution is -2.48. The number of aliphatic carboxylic acids is 1. The van der Waals surface area contributed by atoms with E-state index in [1.165, 1.54) is 23.0 Å². The molecule has 1 saturated heterocycles. The fourth-order valence-corrected chi connectivity index (χ4v) is 3.61. The zero-order chi connectivity index (χ0) is 17.6. The third-order valence-electron chi connectivity index (χ3n) is 4.17. The van der Waals surface area contributed by atoms with E-state index < -0.39 is 5.97 Å². The molecule has 0 saturated carbocycles. The van der Waals surface area contributed by atoms with Gasteiger partial charge in [0, 0.05) is 49.1 Å². The number of piperazine rings is 1. The highest BCUT2D eigenvalue weighted by Gasteiger charge is 2.22. The Hall–Kier alpha value is -2.44. The van der Waals surface area contributed by atoms with Gasteiger partial charge in [-0.25, -0.2) is 4.79 Å². The Bertz CT molecular complexity index is 762. The lowest BCUT2D eigenvalue weighted by atomic mass is 10.2. The maximum Gasteiger partial charge on any atom is 0.328 e. The smallest absolute Gasteiger partial charge is 0.328 e. The molecule has 1 aromatic heterocycles. The van der Waals surface area contributed by atoms with Crippen molar-refractivity contribution in [2.24, 2.45) is 0 Å². The molecule has 25 heavy (non-hydrogen) atoms. The average Bonchev–Trinajstić information content (AvgIpc) is 3.10. The van der Waals surface area contributed by atoms with Gasteiger partial charge in [-0.05, 0) is 17.7 Å². The van der Waals surface area contributed by atoms with E-state index >= 15 is 0 Å². The van der Waals surface area contributed by atoms with Crippen molar-refractivity contribution in [3.63, 3.8) is 0 Å². The van der Waals surface area contributed by atoms with Gasteiger partial charge in [-0.3, -0.25) is 9.69 Å². The Balaban J connectivity index is 1.54. The largest absolute Gasteiger partial charge is 0.478 e. The lowest BCUT2D eigenvalue weighted by Gasteiger charge is -2.34. The Labute approximate surface area is 150 Å². The molecule has 2 heterocycles. The predicted molar refractivity (Wildman–Crippen MR) is 98.6 cm³/mol. The molecule has 0 spiro atoms. The number of thiophene rings is 1. The van der Waals surface area contributed by atoms with Crippen LogP contribution >= 0.6 is 11.3 Å². The van der Waals surface area contributed by atoms with Gasteiger partial charge >= 0.3 is 5.97 Å². The van der Waals surface area contributed by atoms with Gasteiger partial charge in [-0.2, -0.15) is 0 Å². The summed E-state index contributed by atoms with van der Waals surface area (Å²) < 4.78 is 0.